The lowest BCUT2D eigenvalue weighted by atomic mass is 9.86. The fourth-order valence-electron chi connectivity index (χ4n) is 3.51. The number of carbonyl (C=O) groups is 3. The molecule has 1 aromatic rings. The number of carboxylic acids is 1. The highest BCUT2D eigenvalue weighted by Crippen LogP contribution is 2.26. The van der Waals surface area contributed by atoms with E-state index in [-0.39, 0.29) is 23.9 Å². The molecule has 1 aromatic carbocycles. The number of amides is 3. The minimum atomic E-state index is -0.754. The molecule has 0 bridgehead atoms. The summed E-state index contributed by atoms with van der Waals surface area (Å²) in [7, 11) is 0. The molecule has 1 saturated carbocycles. The smallest absolute Gasteiger partial charge is 0.319 e. The summed E-state index contributed by atoms with van der Waals surface area (Å²) in [6.07, 6.45) is 3.95. The standard InChI is InChI=1S/C18H23N3O4/c22-16-5-2-10-21(16)15-4-1-3-14(11-15)20-18(25)19-13-8-6-12(7-9-13)17(23)24/h1,3-4,11-13H,2,5-10H2,(H,23,24)(H2,19,20,25). The van der Waals surface area contributed by atoms with E-state index in [1.54, 1.807) is 17.0 Å². The summed E-state index contributed by atoms with van der Waals surface area (Å²) in [6, 6.07) is 6.95. The second-order valence-electron chi connectivity index (χ2n) is 6.68. The number of aliphatic carboxylic acids is 1. The molecule has 3 rings (SSSR count). The zero-order valence-electron chi connectivity index (χ0n) is 14.0. The number of anilines is 2. The van der Waals surface area contributed by atoms with Gasteiger partial charge in [0.05, 0.1) is 5.92 Å². The van der Waals surface area contributed by atoms with Crippen LogP contribution in [0.1, 0.15) is 38.5 Å². The third-order valence-electron chi connectivity index (χ3n) is 4.90. The van der Waals surface area contributed by atoms with Crippen LogP contribution in [0.15, 0.2) is 24.3 Å². The summed E-state index contributed by atoms with van der Waals surface area (Å²) in [4.78, 5) is 36.7. The first kappa shape index (κ1) is 17.3. The van der Waals surface area contributed by atoms with Crippen molar-refractivity contribution in [3.8, 4) is 0 Å². The fraction of sp³-hybridized carbons (Fsp3) is 0.500. The van der Waals surface area contributed by atoms with Crippen LogP contribution >= 0.6 is 0 Å². The van der Waals surface area contributed by atoms with Crippen molar-refractivity contribution in [1.82, 2.24) is 5.32 Å². The van der Waals surface area contributed by atoms with Gasteiger partial charge in [0.1, 0.15) is 0 Å². The molecular weight excluding hydrogens is 322 g/mol. The van der Waals surface area contributed by atoms with Crippen molar-refractivity contribution in [1.29, 1.82) is 0 Å². The summed E-state index contributed by atoms with van der Waals surface area (Å²) in [5, 5.41) is 14.7. The van der Waals surface area contributed by atoms with Gasteiger partial charge in [-0.25, -0.2) is 4.79 Å². The second-order valence-corrected chi connectivity index (χ2v) is 6.68. The maximum atomic E-state index is 12.2. The molecule has 0 aromatic heterocycles. The molecule has 3 N–H and O–H groups in total. The van der Waals surface area contributed by atoms with Crippen LogP contribution in [0.2, 0.25) is 0 Å². The van der Waals surface area contributed by atoms with E-state index < -0.39 is 5.97 Å². The minimum absolute atomic E-state index is 0.000979. The number of carbonyl (C=O) groups excluding carboxylic acids is 2. The third kappa shape index (κ3) is 4.29. The number of nitrogens with one attached hydrogen (secondary N) is 2. The van der Waals surface area contributed by atoms with Gasteiger partial charge in [0.25, 0.3) is 0 Å². The van der Waals surface area contributed by atoms with Crippen LogP contribution in [-0.2, 0) is 9.59 Å². The SMILES string of the molecule is O=C(Nc1cccc(N2CCCC2=O)c1)NC1CCC(C(=O)O)CC1. The second kappa shape index (κ2) is 7.55. The molecule has 7 nitrogen and oxygen atoms in total. The Balaban J connectivity index is 1.53. The predicted octanol–water partition coefficient (Wildman–Crippen LogP) is 2.58. The number of hydrogen-bond acceptors (Lipinski definition) is 3. The third-order valence-corrected chi connectivity index (χ3v) is 4.90. The van der Waals surface area contributed by atoms with E-state index in [0.29, 0.717) is 44.3 Å². The zero-order valence-corrected chi connectivity index (χ0v) is 14.0. The molecule has 1 saturated heterocycles. The molecule has 1 heterocycles. The summed E-state index contributed by atoms with van der Waals surface area (Å²) in [5.41, 5.74) is 1.43. The summed E-state index contributed by atoms with van der Waals surface area (Å²) >= 11 is 0. The van der Waals surface area contributed by atoms with Crippen LogP contribution in [0.3, 0.4) is 0 Å². The van der Waals surface area contributed by atoms with Crippen LogP contribution < -0.4 is 15.5 Å². The van der Waals surface area contributed by atoms with Crippen molar-refractivity contribution < 1.29 is 19.5 Å². The lowest BCUT2D eigenvalue weighted by Gasteiger charge is -2.26. The van der Waals surface area contributed by atoms with Gasteiger partial charge in [-0.2, -0.15) is 0 Å². The molecule has 2 aliphatic rings. The Labute approximate surface area is 146 Å². The monoisotopic (exact) mass is 345 g/mol. The fourth-order valence-corrected chi connectivity index (χ4v) is 3.51. The molecule has 1 aliphatic heterocycles. The number of hydrogen-bond donors (Lipinski definition) is 3. The van der Waals surface area contributed by atoms with Crippen LogP contribution in [0.4, 0.5) is 16.2 Å². The highest BCUT2D eigenvalue weighted by atomic mass is 16.4. The number of nitrogens with zero attached hydrogens (tertiary/aromatic N) is 1. The van der Waals surface area contributed by atoms with Crippen LogP contribution in [0.25, 0.3) is 0 Å². The van der Waals surface area contributed by atoms with E-state index in [1.165, 1.54) is 0 Å². The van der Waals surface area contributed by atoms with Crippen molar-refractivity contribution in [2.75, 3.05) is 16.8 Å². The van der Waals surface area contributed by atoms with E-state index in [0.717, 1.165) is 12.1 Å². The normalized spacial score (nSPS) is 23.4. The first-order valence-corrected chi connectivity index (χ1v) is 8.73. The zero-order chi connectivity index (χ0) is 17.8. The number of carboxylic acid groups (broad SMARTS) is 1. The van der Waals surface area contributed by atoms with Crippen LogP contribution in [0.5, 0.6) is 0 Å². The van der Waals surface area contributed by atoms with E-state index in [2.05, 4.69) is 10.6 Å². The van der Waals surface area contributed by atoms with Crippen molar-refractivity contribution in [2.45, 2.75) is 44.6 Å². The molecule has 0 radical (unpaired) electrons. The number of benzene rings is 1. The number of urea groups is 1. The van der Waals surface area contributed by atoms with Gasteiger partial charge >= 0.3 is 12.0 Å². The van der Waals surface area contributed by atoms with Gasteiger partial charge in [0, 0.05) is 30.4 Å². The summed E-state index contributed by atoms with van der Waals surface area (Å²) in [6.45, 7) is 0.710. The number of rotatable bonds is 4. The van der Waals surface area contributed by atoms with Crippen molar-refractivity contribution >= 4 is 29.3 Å². The highest BCUT2D eigenvalue weighted by Gasteiger charge is 2.27. The van der Waals surface area contributed by atoms with Crippen molar-refractivity contribution in [3.05, 3.63) is 24.3 Å². The first-order chi connectivity index (χ1) is 12.0. The van der Waals surface area contributed by atoms with Crippen LogP contribution in [-0.4, -0.2) is 35.6 Å². The summed E-state index contributed by atoms with van der Waals surface area (Å²) < 4.78 is 0. The van der Waals surface area contributed by atoms with Gasteiger partial charge in [-0.1, -0.05) is 6.07 Å². The predicted molar refractivity (Wildman–Crippen MR) is 93.6 cm³/mol. The minimum Gasteiger partial charge on any atom is -0.481 e. The van der Waals surface area contributed by atoms with Crippen molar-refractivity contribution in [3.63, 3.8) is 0 Å². The Morgan fingerprint density at radius 1 is 1.16 bits per heavy atom. The molecule has 7 heteroatoms. The topological polar surface area (TPSA) is 98.7 Å². The Morgan fingerprint density at radius 3 is 2.56 bits per heavy atom. The maximum absolute atomic E-state index is 12.2. The first-order valence-electron chi connectivity index (χ1n) is 8.73. The molecule has 3 amide bonds. The van der Waals surface area contributed by atoms with E-state index in [4.69, 9.17) is 5.11 Å². The molecule has 2 fully saturated rings. The molecule has 25 heavy (non-hydrogen) atoms. The van der Waals surface area contributed by atoms with Gasteiger partial charge in [-0.3, -0.25) is 9.59 Å². The van der Waals surface area contributed by atoms with Gasteiger partial charge in [-0.15, -0.1) is 0 Å². The highest BCUT2D eigenvalue weighted by molar-refractivity contribution is 5.96. The Morgan fingerprint density at radius 2 is 1.92 bits per heavy atom. The quantitative estimate of drug-likeness (QED) is 0.781. The molecule has 0 unspecified atom stereocenters. The van der Waals surface area contributed by atoms with E-state index in [9.17, 15) is 14.4 Å². The van der Waals surface area contributed by atoms with Gasteiger partial charge in [0.15, 0.2) is 0 Å². The van der Waals surface area contributed by atoms with E-state index >= 15 is 0 Å². The van der Waals surface area contributed by atoms with Gasteiger partial charge < -0.3 is 20.6 Å². The Bertz CT molecular complexity index is 668. The average molecular weight is 345 g/mol. The molecule has 1 aliphatic carbocycles. The average Bonchev–Trinajstić information content (AvgIpc) is 3.01. The molecule has 0 atom stereocenters. The maximum Gasteiger partial charge on any atom is 0.319 e. The Hall–Kier alpha value is -2.57. The molecule has 134 valence electrons. The van der Waals surface area contributed by atoms with Gasteiger partial charge in [-0.05, 0) is 50.3 Å². The van der Waals surface area contributed by atoms with Crippen LogP contribution in [0, 0.1) is 5.92 Å². The molecule has 0 spiro atoms. The van der Waals surface area contributed by atoms with Crippen molar-refractivity contribution in [2.24, 2.45) is 5.92 Å². The van der Waals surface area contributed by atoms with E-state index in [1.807, 2.05) is 12.1 Å². The Kier molecular flexibility index (Phi) is 5.21. The molecular formula is C18H23N3O4. The largest absolute Gasteiger partial charge is 0.481 e. The lowest BCUT2D eigenvalue weighted by molar-refractivity contribution is -0.142. The summed E-state index contributed by atoms with van der Waals surface area (Å²) in [5.74, 6) is -0.941. The van der Waals surface area contributed by atoms with Gasteiger partial charge in [0.2, 0.25) is 5.91 Å². The lowest BCUT2D eigenvalue weighted by Crippen LogP contribution is -2.41.